The fourth-order valence-electron chi connectivity index (χ4n) is 3.22. The van der Waals surface area contributed by atoms with Crippen molar-refractivity contribution in [2.45, 2.75) is 37.9 Å². The van der Waals surface area contributed by atoms with Crippen LogP contribution in [0.3, 0.4) is 0 Å². The minimum Gasteiger partial charge on any atom is -0.497 e. The fourth-order valence-corrected chi connectivity index (χ4v) is 3.22. The van der Waals surface area contributed by atoms with Crippen molar-refractivity contribution in [3.8, 4) is 5.75 Å². The summed E-state index contributed by atoms with van der Waals surface area (Å²) in [6.45, 7) is 5.10. The molecule has 0 radical (unpaired) electrons. The number of unbranched alkanes of at least 4 members (excludes halogenated alkanes) is 2. The highest BCUT2D eigenvalue weighted by Gasteiger charge is 2.24. The van der Waals surface area contributed by atoms with Gasteiger partial charge in [-0.25, -0.2) is 0 Å². The summed E-state index contributed by atoms with van der Waals surface area (Å²) in [5.74, 6) is 1.13. The van der Waals surface area contributed by atoms with Gasteiger partial charge in [-0.1, -0.05) is 42.5 Å². The summed E-state index contributed by atoms with van der Waals surface area (Å²) in [5, 5.41) is 0. The van der Waals surface area contributed by atoms with Gasteiger partial charge in [0.2, 0.25) is 0 Å². The Morgan fingerprint density at radius 1 is 0.962 bits per heavy atom. The van der Waals surface area contributed by atoms with Crippen LogP contribution >= 0.6 is 0 Å². The summed E-state index contributed by atoms with van der Waals surface area (Å²) >= 11 is 0. The summed E-state index contributed by atoms with van der Waals surface area (Å²) < 4.78 is 17.2. The van der Waals surface area contributed by atoms with Crippen LogP contribution in [-0.2, 0) is 15.9 Å². The molecule has 2 aromatic carbocycles. The minimum absolute atomic E-state index is 0.265. The second kappa shape index (κ2) is 9.56. The van der Waals surface area contributed by atoms with Crippen LogP contribution in [0.1, 0.15) is 48.2 Å². The molecule has 1 saturated heterocycles. The van der Waals surface area contributed by atoms with Crippen LogP contribution in [0.15, 0.2) is 61.2 Å². The van der Waals surface area contributed by atoms with E-state index >= 15 is 0 Å². The first kappa shape index (κ1) is 18.7. The zero-order valence-electron chi connectivity index (χ0n) is 15.5. The van der Waals surface area contributed by atoms with E-state index in [4.69, 9.17) is 14.2 Å². The Bertz CT molecular complexity index is 668. The highest BCUT2D eigenvalue weighted by atomic mass is 16.7. The van der Waals surface area contributed by atoms with Gasteiger partial charge in [0.05, 0.1) is 20.3 Å². The quantitative estimate of drug-likeness (QED) is 0.469. The maximum Gasteiger partial charge on any atom is 0.183 e. The standard InChI is InChI=1S/C23H28O3/c1-3-4-5-6-7-18-8-10-20(11-9-18)23-25-16-21(17-26-23)19-12-14-22(24-2)15-13-19/h3,8-15,21,23H,1,4-7,16-17H2,2H3. The highest BCUT2D eigenvalue weighted by Crippen LogP contribution is 2.30. The Morgan fingerprint density at radius 2 is 1.62 bits per heavy atom. The summed E-state index contributed by atoms with van der Waals surface area (Å²) in [5.41, 5.74) is 3.68. The molecule has 0 bridgehead atoms. The second-order valence-corrected chi connectivity index (χ2v) is 6.74. The van der Waals surface area contributed by atoms with Crippen LogP contribution in [0.2, 0.25) is 0 Å². The van der Waals surface area contributed by atoms with Gasteiger partial charge in [-0.05, 0) is 48.9 Å². The average Bonchev–Trinajstić information content (AvgIpc) is 2.72. The number of benzene rings is 2. The highest BCUT2D eigenvalue weighted by molar-refractivity contribution is 5.30. The lowest BCUT2D eigenvalue weighted by Gasteiger charge is -2.30. The molecular formula is C23H28O3. The van der Waals surface area contributed by atoms with Crippen molar-refractivity contribution in [1.29, 1.82) is 0 Å². The van der Waals surface area contributed by atoms with Crippen molar-refractivity contribution >= 4 is 0 Å². The van der Waals surface area contributed by atoms with Crippen LogP contribution in [0.4, 0.5) is 0 Å². The molecular weight excluding hydrogens is 324 g/mol. The third-order valence-electron chi connectivity index (χ3n) is 4.86. The topological polar surface area (TPSA) is 27.7 Å². The monoisotopic (exact) mass is 352 g/mol. The molecule has 1 fully saturated rings. The van der Waals surface area contributed by atoms with Gasteiger partial charge < -0.3 is 14.2 Å². The Balaban J connectivity index is 1.50. The molecule has 2 aromatic rings. The lowest BCUT2D eigenvalue weighted by atomic mass is 9.99. The van der Waals surface area contributed by atoms with E-state index < -0.39 is 0 Å². The number of ether oxygens (including phenoxy) is 3. The number of hydrogen-bond donors (Lipinski definition) is 0. The molecule has 0 aliphatic carbocycles. The summed E-state index contributed by atoms with van der Waals surface area (Å²) in [6.07, 6.45) is 6.33. The van der Waals surface area contributed by atoms with Gasteiger partial charge in [0, 0.05) is 11.5 Å². The molecule has 1 heterocycles. The first-order valence-corrected chi connectivity index (χ1v) is 9.37. The number of hydrogen-bond acceptors (Lipinski definition) is 3. The fraction of sp³-hybridized carbons (Fsp3) is 0.391. The SMILES string of the molecule is C=CCCCCc1ccc(C2OCC(c3ccc(OC)cc3)CO2)cc1. The molecule has 0 N–H and O–H groups in total. The van der Waals surface area contributed by atoms with Crippen molar-refractivity contribution in [2.75, 3.05) is 20.3 Å². The molecule has 1 aliphatic heterocycles. The maximum absolute atomic E-state index is 5.98. The lowest BCUT2D eigenvalue weighted by Crippen LogP contribution is -2.25. The normalized spacial score (nSPS) is 19.9. The summed E-state index contributed by atoms with van der Waals surface area (Å²) in [7, 11) is 1.68. The predicted octanol–water partition coefficient (Wildman–Crippen LogP) is 5.42. The molecule has 0 unspecified atom stereocenters. The number of allylic oxidation sites excluding steroid dienone is 1. The van der Waals surface area contributed by atoms with Crippen molar-refractivity contribution in [2.24, 2.45) is 0 Å². The number of methoxy groups -OCH3 is 1. The van der Waals surface area contributed by atoms with Crippen LogP contribution in [-0.4, -0.2) is 20.3 Å². The second-order valence-electron chi connectivity index (χ2n) is 6.74. The smallest absolute Gasteiger partial charge is 0.183 e. The van der Waals surface area contributed by atoms with Gasteiger partial charge in [0.25, 0.3) is 0 Å². The molecule has 0 atom stereocenters. The third-order valence-corrected chi connectivity index (χ3v) is 4.86. The van der Waals surface area contributed by atoms with Crippen molar-refractivity contribution in [1.82, 2.24) is 0 Å². The third kappa shape index (κ3) is 4.96. The van der Waals surface area contributed by atoms with E-state index in [1.54, 1.807) is 7.11 Å². The Kier molecular flexibility index (Phi) is 6.87. The van der Waals surface area contributed by atoms with Gasteiger partial charge in [-0.2, -0.15) is 0 Å². The minimum atomic E-state index is -0.265. The van der Waals surface area contributed by atoms with Gasteiger partial charge >= 0.3 is 0 Å². The Morgan fingerprint density at radius 3 is 2.23 bits per heavy atom. The van der Waals surface area contributed by atoms with E-state index in [0.717, 1.165) is 24.2 Å². The summed E-state index contributed by atoms with van der Waals surface area (Å²) in [6, 6.07) is 16.7. The van der Waals surface area contributed by atoms with Crippen LogP contribution < -0.4 is 4.74 Å². The van der Waals surface area contributed by atoms with Gasteiger partial charge in [-0.3, -0.25) is 0 Å². The van der Waals surface area contributed by atoms with Crippen molar-refractivity contribution in [3.05, 3.63) is 77.9 Å². The molecule has 3 rings (SSSR count). The average molecular weight is 352 g/mol. The first-order chi connectivity index (χ1) is 12.8. The predicted molar refractivity (Wildman–Crippen MR) is 105 cm³/mol. The van der Waals surface area contributed by atoms with E-state index in [1.807, 2.05) is 18.2 Å². The van der Waals surface area contributed by atoms with Crippen molar-refractivity contribution < 1.29 is 14.2 Å². The van der Waals surface area contributed by atoms with Crippen LogP contribution in [0.5, 0.6) is 5.75 Å². The van der Waals surface area contributed by atoms with Crippen LogP contribution in [0.25, 0.3) is 0 Å². The molecule has 26 heavy (non-hydrogen) atoms. The van der Waals surface area contributed by atoms with Crippen LogP contribution in [0, 0.1) is 0 Å². The van der Waals surface area contributed by atoms with E-state index in [-0.39, 0.29) is 12.2 Å². The Labute approximate surface area is 156 Å². The molecule has 3 nitrogen and oxygen atoms in total. The van der Waals surface area contributed by atoms with Gasteiger partial charge in [-0.15, -0.1) is 6.58 Å². The maximum atomic E-state index is 5.98. The molecule has 0 spiro atoms. The van der Waals surface area contributed by atoms with Gasteiger partial charge in [0.15, 0.2) is 6.29 Å². The number of aryl methyl sites for hydroxylation is 1. The molecule has 0 amide bonds. The van der Waals surface area contributed by atoms with E-state index in [2.05, 4.69) is 43.0 Å². The molecule has 0 saturated carbocycles. The summed E-state index contributed by atoms with van der Waals surface area (Å²) in [4.78, 5) is 0. The zero-order valence-corrected chi connectivity index (χ0v) is 15.5. The molecule has 138 valence electrons. The van der Waals surface area contributed by atoms with Crippen molar-refractivity contribution in [3.63, 3.8) is 0 Å². The first-order valence-electron chi connectivity index (χ1n) is 9.37. The lowest BCUT2D eigenvalue weighted by molar-refractivity contribution is -0.191. The molecule has 1 aliphatic rings. The largest absolute Gasteiger partial charge is 0.497 e. The van der Waals surface area contributed by atoms with E-state index in [9.17, 15) is 0 Å². The number of rotatable bonds is 8. The zero-order chi connectivity index (χ0) is 18.2. The van der Waals surface area contributed by atoms with Gasteiger partial charge in [0.1, 0.15) is 5.75 Å². The molecule has 3 heteroatoms. The molecule has 0 aromatic heterocycles. The van der Waals surface area contributed by atoms with E-state index in [0.29, 0.717) is 13.2 Å². The Hall–Kier alpha value is -2.10. The van der Waals surface area contributed by atoms with E-state index in [1.165, 1.54) is 24.0 Å².